The summed E-state index contributed by atoms with van der Waals surface area (Å²) in [6.07, 6.45) is 2.03. The Morgan fingerprint density at radius 3 is 1.90 bits per heavy atom. The number of allylic oxidation sites excluding steroid dienone is 1. The van der Waals surface area contributed by atoms with Gasteiger partial charge in [-0.2, -0.15) is 0 Å². The molecule has 0 spiro atoms. The fourth-order valence-corrected chi connectivity index (χ4v) is 3.65. The summed E-state index contributed by atoms with van der Waals surface area (Å²) in [5, 5.41) is 0. The van der Waals surface area contributed by atoms with Crippen molar-refractivity contribution in [3.8, 4) is 5.75 Å². The molecule has 0 radical (unpaired) electrons. The predicted octanol–water partition coefficient (Wildman–Crippen LogP) is 6.56. The number of benzene rings is 3. The van der Waals surface area contributed by atoms with Crippen molar-refractivity contribution in [3.63, 3.8) is 0 Å². The second-order valence-electron chi connectivity index (χ2n) is 7.80. The van der Waals surface area contributed by atoms with Gasteiger partial charge in [-0.25, -0.2) is 0 Å². The van der Waals surface area contributed by atoms with Crippen LogP contribution in [0.3, 0.4) is 0 Å². The van der Waals surface area contributed by atoms with Gasteiger partial charge < -0.3 is 9.64 Å². The Morgan fingerprint density at radius 2 is 1.33 bits per heavy atom. The first-order chi connectivity index (χ1) is 14.6. The molecule has 0 saturated carbocycles. The molecular weight excluding hydrogens is 366 g/mol. The fraction of sp³-hybridized carbons (Fsp3) is 0.286. The summed E-state index contributed by atoms with van der Waals surface area (Å²) in [5.41, 5.74) is 7.79. The van der Waals surface area contributed by atoms with E-state index < -0.39 is 0 Å². The second kappa shape index (κ2) is 10.8. The first kappa shape index (κ1) is 21.9. The molecule has 0 unspecified atom stereocenters. The lowest BCUT2D eigenvalue weighted by Crippen LogP contribution is -2.19. The lowest BCUT2D eigenvalue weighted by molar-refractivity contribution is 0.261. The van der Waals surface area contributed by atoms with E-state index in [9.17, 15) is 0 Å². The van der Waals surface area contributed by atoms with Crippen molar-refractivity contribution in [2.75, 3.05) is 27.2 Å². The topological polar surface area (TPSA) is 12.5 Å². The number of aryl methyl sites for hydroxylation is 1. The number of rotatable bonds is 9. The van der Waals surface area contributed by atoms with Gasteiger partial charge >= 0.3 is 0 Å². The van der Waals surface area contributed by atoms with E-state index in [1.807, 2.05) is 0 Å². The van der Waals surface area contributed by atoms with Gasteiger partial charge in [0.2, 0.25) is 0 Å². The maximum atomic E-state index is 5.90. The molecular formula is C28H33NO. The molecule has 0 saturated heterocycles. The van der Waals surface area contributed by atoms with Crippen LogP contribution in [0.5, 0.6) is 5.75 Å². The van der Waals surface area contributed by atoms with Crippen LogP contribution in [-0.4, -0.2) is 32.1 Å². The molecule has 0 bridgehead atoms. The quantitative estimate of drug-likeness (QED) is 0.378. The molecule has 0 N–H and O–H groups in total. The Morgan fingerprint density at radius 1 is 0.733 bits per heavy atom. The maximum absolute atomic E-state index is 5.90. The minimum absolute atomic E-state index is 0.692. The minimum Gasteiger partial charge on any atom is -0.492 e. The van der Waals surface area contributed by atoms with Crippen LogP contribution in [0.15, 0.2) is 78.9 Å². The molecule has 3 rings (SSSR count). The van der Waals surface area contributed by atoms with E-state index in [0.29, 0.717) is 6.61 Å². The lowest BCUT2D eigenvalue weighted by atomic mass is 9.88. The van der Waals surface area contributed by atoms with Crippen LogP contribution < -0.4 is 4.74 Å². The van der Waals surface area contributed by atoms with Gasteiger partial charge in [0.15, 0.2) is 0 Å². The van der Waals surface area contributed by atoms with Crippen molar-refractivity contribution >= 4 is 11.1 Å². The van der Waals surface area contributed by atoms with Gasteiger partial charge in [-0.3, -0.25) is 0 Å². The SMILES string of the molecule is CC/C(=C(/c1ccccc1)c1ccc(OCCN(C)C)cc1)c1ccc(CC)cc1. The number of hydrogen-bond acceptors (Lipinski definition) is 2. The summed E-state index contributed by atoms with van der Waals surface area (Å²) in [6, 6.07) is 28.3. The standard InChI is InChI=1S/C28H33NO/c1-5-22-12-14-23(15-13-22)27(6-2)28(24-10-8-7-9-11-24)25-16-18-26(19-17-25)30-21-20-29(3)4/h7-19H,5-6,20-21H2,1-4H3/b28-27+. The zero-order valence-electron chi connectivity index (χ0n) is 18.7. The Labute approximate surface area is 181 Å². The Kier molecular flexibility index (Phi) is 7.87. The molecule has 0 heterocycles. The number of ether oxygens (including phenoxy) is 1. The van der Waals surface area contributed by atoms with E-state index in [4.69, 9.17) is 4.74 Å². The molecule has 0 aromatic heterocycles. The lowest BCUT2D eigenvalue weighted by Gasteiger charge is -2.17. The number of hydrogen-bond donors (Lipinski definition) is 0. The number of nitrogens with zero attached hydrogens (tertiary/aromatic N) is 1. The number of likely N-dealkylation sites (N-methyl/N-ethyl adjacent to an activating group) is 1. The van der Waals surface area contributed by atoms with Gasteiger partial charge in [-0.15, -0.1) is 0 Å². The normalized spacial score (nSPS) is 12.0. The molecule has 0 atom stereocenters. The second-order valence-corrected chi connectivity index (χ2v) is 7.80. The first-order valence-electron chi connectivity index (χ1n) is 10.9. The Bertz CT molecular complexity index is 938. The van der Waals surface area contributed by atoms with E-state index >= 15 is 0 Å². The van der Waals surface area contributed by atoms with Crippen LogP contribution >= 0.6 is 0 Å². The van der Waals surface area contributed by atoms with Crippen LogP contribution in [0.2, 0.25) is 0 Å². The van der Waals surface area contributed by atoms with E-state index in [-0.39, 0.29) is 0 Å². The van der Waals surface area contributed by atoms with E-state index in [1.165, 1.54) is 33.4 Å². The van der Waals surface area contributed by atoms with Crippen molar-refractivity contribution in [1.82, 2.24) is 4.90 Å². The molecule has 2 heteroatoms. The molecule has 0 aliphatic rings. The van der Waals surface area contributed by atoms with Gasteiger partial charge in [-0.05, 0) is 72.5 Å². The Balaban J connectivity index is 2.01. The van der Waals surface area contributed by atoms with Crippen molar-refractivity contribution in [2.24, 2.45) is 0 Å². The molecule has 0 fully saturated rings. The highest BCUT2D eigenvalue weighted by molar-refractivity contribution is 5.98. The zero-order valence-corrected chi connectivity index (χ0v) is 18.7. The van der Waals surface area contributed by atoms with Crippen molar-refractivity contribution in [3.05, 3.63) is 101 Å². The zero-order chi connectivity index (χ0) is 21.3. The summed E-state index contributed by atoms with van der Waals surface area (Å²) >= 11 is 0. The summed E-state index contributed by atoms with van der Waals surface area (Å²) in [7, 11) is 4.12. The van der Waals surface area contributed by atoms with Crippen LogP contribution in [0.4, 0.5) is 0 Å². The van der Waals surface area contributed by atoms with Crippen molar-refractivity contribution in [1.29, 1.82) is 0 Å². The highest BCUT2D eigenvalue weighted by Gasteiger charge is 2.13. The highest BCUT2D eigenvalue weighted by atomic mass is 16.5. The van der Waals surface area contributed by atoms with Crippen molar-refractivity contribution < 1.29 is 4.74 Å². The molecule has 30 heavy (non-hydrogen) atoms. The van der Waals surface area contributed by atoms with Crippen molar-refractivity contribution in [2.45, 2.75) is 26.7 Å². The first-order valence-corrected chi connectivity index (χ1v) is 10.9. The molecule has 0 aliphatic carbocycles. The summed E-state index contributed by atoms with van der Waals surface area (Å²) in [4.78, 5) is 2.13. The molecule has 3 aromatic carbocycles. The molecule has 0 amide bonds. The third-order valence-corrected chi connectivity index (χ3v) is 5.38. The smallest absolute Gasteiger partial charge is 0.119 e. The largest absolute Gasteiger partial charge is 0.492 e. The summed E-state index contributed by atoms with van der Waals surface area (Å²) in [6.45, 7) is 6.04. The van der Waals surface area contributed by atoms with Gasteiger partial charge in [0.1, 0.15) is 12.4 Å². The van der Waals surface area contributed by atoms with Gasteiger partial charge in [0, 0.05) is 6.54 Å². The van der Waals surface area contributed by atoms with Crippen LogP contribution in [0.25, 0.3) is 11.1 Å². The molecule has 2 nitrogen and oxygen atoms in total. The molecule has 0 aliphatic heterocycles. The van der Waals surface area contributed by atoms with Crippen LogP contribution in [0, 0.1) is 0 Å². The average Bonchev–Trinajstić information content (AvgIpc) is 2.78. The highest BCUT2D eigenvalue weighted by Crippen LogP contribution is 2.35. The van der Waals surface area contributed by atoms with Gasteiger partial charge in [0.25, 0.3) is 0 Å². The van der Waals surface area contributed by atoms with Gasteiger partial charge in [0.05, 0.1) is 0 Å². The fourth-order valence-electron chi connectivity index (χ4n) is 3.65. The van der Waals surface area contributed by atoms with Crippen LogP contribution in [-0.2, 0) is 6.42 Å². The Hall–Kier alpha value is -2.84. The average molecular weight is 400 g/mol. The molecule has 156 valence electrons. The van der Waals surface area contributed by atoms with E-state index in [2.05, 4.69) is 112 Å². The monoisotopic (exact) mass is 399 g/mol. The third kappa shape index (κ3) is 5.61. The summed E-state index contributed by atoms with van der Waals surface area (Å²) < 4.78 is 5.90. The van der Waals surface area contributed by atoms with E-state index in [1.54, 1.807) is 0 Å². The van der Waals surface area contributed by atoms with Crippen LogP contribution in [0.1, 0.15) is 42.5 Å². The van der Waals surface area contributed by atoms with E-state index in [0.717, 1.165) is 25.1 Å². The molecule has 3 aromatic rings. The summed E-state index contributed by atoms with van der Waals surface area (Å²) in [5.74, 6) is 0.915. The van der Waals surface area contributed by atoms with Gasteiger partial charge in [-0.1, -0.05) is 80.6 Å². The minimum atomic E-state index is 0.692. The predicted molar refractivity (Wildman–Crippen MR) is 129 cm³/mol. The third-order valence-electron chi connectivity index (χ3n) is 5.38. The maximum Gasteiger partial charge on any atom is 0.119 e.